The van der Waals surface area contributed by atoms with E-state index in [2.05, 4.69) is 118 Å². The van der Waals surface area contributed by atoms with Gasteiger partial charge in [-0.15, -0.1) is 0 Å². The average Bonchev–Trinajstić information content (AvgIpc) is 3.39. The molecule has 418 valence electrons. The van der Waals surface area contributed by atoms with Crippen LogP contribution in [-0.2, 0) is 28.6 Å². The molecule has 6 heteroatoms. The highest BCUT2D eigenvalue weighted by Crippen LogP contribution is 2.16. The highest BCUT2D eigenvalue weighted by atomic mass is 16.6. The molecule has 6 nitrogen and oxygen atoms in total. The van der Waals surface area contributed by atoms with Gasteiger partial charge in [-0.3, -0.25) is 14.4 Å². The van der Waals surface area contributed by atoms with E-state index in [1.165, 1.54) is 128 Å². The maximum atomic E-state index is 12.8. The first kappa shape index (κ1) is 69.3. The zero-order valence-electron chi connectivity index (χ0n) is 47.9. The van der Waals surface area contributed by atoms with E-state index in [9.17, 15) is 14.4 Å². The largest absolute Gasteiger partial charge is 0.462 e. The summed E-state index contributed by atoms with van der Waals surface area (Å²) in [6, 6.07) is 0. The van der Waals surface area contributed by atoms with Crippen molar-refractivity contribution >= 4 is 17.9 Å². The van der Waals surface area contributed by atoms with Gasteiger partial charge in [0, 0.05) is 19.3 Å². The number of esters is 3. The Labute approximate surface area is 451 Å². The summed E-state index contributed by atoms with van der Waals surface area (Å²) in [5, 5.41) is 0. The summed E-state index contributed by atoms with van der Waals surface area (Å²) in [7, 11) is 0. The van der Waals surface area contributed by atoms with Gasteiger partial charge in [-0.05, 0) is 116 Å². The SMILES string of the molecule is CC/C=C\C/C=C\C/C=C\C/C=C\C/C=C\CCCCCCCCCCCCCCCC(=O)OCC(COC(=O)CCCCCCC/C=C\CCCCC)OC(=O)CCCCCCC/C=C\C/C=C\CCCC. The first-order valence-electron chi connectivity index (χ1n) is 30.7. The minimum Gasteiger partial charge on any atom is -0.462 e. The van der Waals surface area contributed by atoms with Gasteiger partial charge in [-0.25, -0.2) is 0 Å². The lowest BCUT2D eigenvalue weighted by Gasteiger charge is -2.18. The van der Waals surface area contributed by atoms with Crippen molar-refractivity contribution < 1.29 is 28.6 Å². The van der Waals surface area contributed by atoms with Crippen molar-refractivity contribution in [1.29, 1.82) is 0 Å². The predicted molar refractivity (Wildman–Crippen MR) is 316 cm³/mol. The number of carbonyl (C=O) groups excluding carboxylic acids is 3. The second-order valence-electron chi connectivity index (χ2n) is 20.2. The van der Waals surface area contributed by atoms with Crippen LogP contribution in [0.2, 0.25) is 0 Å². The Morgan fingerprint density at radius 2 is 0.548 bits per heavy atom. The molecule has 0 aliphatic heterocycles. The minimum atomic E-state index is -0.788. The minimum absolute atomic E-state index is 0.0853. The summed E-state index contributed by atoms with van der Waals surface area (Å²) in [5.41, 5.74) is 0. The van der Waals surface area contributed by atoms with Gasteiger partial charge in [-0.1, -0.05) is 253 Å². The average molecular weight is 1020 g/mol. The second-order valence-corrected chi connectivity index (χ2v) is 20.2. The fourth-order valence-electron chi connectivity index (χ4n) is 8.42. The molecule has 0 N–H and O–H groups in total. The number of unbranched alkanes of at least 4 members (excludes halogenated alkanes) is 28. The summed E-state index contributed by atoms with van der Waals surface area (Å²) in [5.74, 6) is -0.904. The lowest BCUT2D eigenvalue weighted by atomic mass is 10.0. The van der Waals surface area contributed by atoms with Crippen molar-refractivity contribution in [2.45, 2.75) is 297 Å². The van der Waals surface area contributed by atoms with E-state index in [4.69, 9.17) is 14.2 Å². The van der Waals surface area contributed by atoms with Gasteiger partial charge in [0.1, 0.15) is 13.2 Å². The molecule has 0 aliphatic carbocycles. The van der Waals surface area contributed by atoms with Gasteiger partial charge in [0.25, 0.3) is 0 Å². The Morgan fingerprint density at radius 1 is 0.288 bits per heavy atom. The van der Waals surface area contributed by atoms with E-state index in [0.717, 1.165) is 122 Å². The number of rotatable bonds is 55. The van der Waals surface area contributed by atoms with Crippen LogP contribution in [0.25, 0.3) is 0 Å². The maximum Gasteiger partial charge on any atom is 0.306 e. The molecule has 0 aromatic rings. The molecule has 0 heterocycles. The van der Waals surface area contributed by atoms with E-state index in [-0.39, 0.29) is 31.1 Å². The molecule has 0 saturated carbocycles. The number of hydrogen-bond acceptors (Lipinski definition) is 6. The molecule has 0 aliphatic rings. The van der Waals surface area contributed by atoms with Crippen molar-refractivity contribution in [3.63, 3.8) is 0 Å². The molecule has 1 atom stereocenters. The van der Waals surface area contributed by atoms with Gasteiger partial charge in [-0.2, -0.15) is 0 Å². The third kappa shape index (κ3) is 59.1. The molecule has 0 amide bonds. The van der Waals surface area contributed by atoms with Gasteiger partial charge in [0.2, 0.25) is 0 Å². The molecule has 0 aromatic heterocycles. The Balaban J connectivity index is 4.22. The highest BCUT2D eigenvalue weighted by Gasteiger charge is 2.19. The van der Waals surface area contributed by atoms with Crippen molar-refractivity contribution in [2.75, 3.05) is 13.2 Å². The summed E-state index contributed by atoms with van der Waals surface area (Å²) < 4.78 is 16.9. The van der Waals surface area contributed by atoms with Crippen LogP contribution in [-0.4, -0.2) is 37.2 Å². The topological polar surface area (TPSA) is 78.9 Å². The van der Waals surface area contributed by atoms with Crippen molar-refractivity contribution in [3.8, 4) is 0 Å². The van der Waals surface area contributed by atoms with Gasteiger partial charge >= 0.3 is 17.9 Å². The number of allylic oxidation sites excluding steroid dienone is 16. The fraction of sp³-hybridized carbons (Fsp3) is 0.716. The zero-order valence-corrected chi connectivity index (χ0v) is 47.9. The van der Waals surface area contributed by atoms with E-state index in [1.807, 2.05) is 0 Å². The summed E-state index contributed by atoms with van der Waals surface area (Å²) in [6.07, 6.45) is 81.3. The molecule has 0 fully saturated rings. The molecule has 0 rings (SSSR count). The number of carbonyl (C=O) groups is 3. The van der Waals surface area contributed by atoms with E-state index in [1.54, 1.807) is 0 Å². The second kappa shape index (κ2) is 60.9. The highest BCUT2D eigenvalue weighted by molar-refractivity contribution is 5.71. The molecule has 73 heavy (non-hydrogen) atoms. The lowest BCUT2D eigenvalue weighted by molar-refractivity contribution is -0.167. The van der Waals surface area contributed by atoms with Crippen molar-refractivity contribution in [1.82, 2.24) is 0 Å². The molecule has 0 spiro atoms. The van der Waals surface area contributed by atoms with Gasteiger partial charge in [0.05, 0.1) is 0 Å². The van der Waals surface area contributed by atoms with Crippen LogP contribution in [0.4, 0.5) is 0 Å². The Morgan fingerprint density at radius 3 is 0.890 bits per heavy atom. The summed E-state index contributed by atoms with van der Waals surface area (Å²) >= 11 is 0. The predicted octanol–water partition coefficient (Wildman–Crippen LogP) is 20.9. The van der Waals surface area contributed by atoms with Crippen LogP contribution < -0.4 is 0 Å². The molecule has 0 saturated heterocycles. The van der Waals surface area contributed by atoms with Crippen molar-refractivity contribution in [2.24, 2.45) is 0 Å². The zero-order chi connectivity index (χ0) is 52.9. The van der Waals surface area contributed by atoms with E-state index < -0.39 is 6.10 Å². The van der Waals surface area contributed by atoms with Crippen LogP contribution in [0.5, 0.6) is 0 Å². The Bertz CT molecular complexity index is 1440. The maximum absolute atomic E-state index is 12.8. The quantitative estimate of drug-likeness (QED) is 0.0261. The van der Waals surface area contributed by atoms with Gasteiger partial charge in [0.15, 0.2) is 6.10 Å². The normalized spacial score (nSPS) is 12.8. The lowest BCUT2D eigenvalue weighted by Crippen LogP contribution is -2.30. The fourth-order valence-corrected chi connectivity index (χ4v) is 8.42. The first-order valence-corrected chi connectivity index (χ1v) is 30.7. The first-order chi connectivity index (χ1) is 36.0. The van der Waals surface area contributed by atoms with Crippen LogP contribution in [0, 0.1) is 0 Å². The molecule has 0 radical (unpaired) electrons. The monoisotopic (exact) mass is 1010 g/mol. The summed E-state index contributed by atoms with van der Waals surface area (Å²) in [4.78, 5) is 38.2. The van der Waals surface area contributed by atoms with Gasteiger partial charge < -0.3 is 14.2 Å². The van der Waals surface area contributed by atoms with Crippen LogP contribution in [0.15, 0.2) is 97.2 Å². The van der Waals surface area contributed by atoms with E-state index in [0.29, 0.717) is 19.3 Å². The summed E-state index contributed by atoms with van der Waals surface area (Å²) in [6.45, 7) is 6.45. The number of ether oxygens (including phenoxy) is 3. The van der Waals surface area contributed by atoms with Crippen molar-refractivity contribution in [3.05, 3.63) is 97.2 Å². The van der Waals surface area contributed by atoms with Crippen LogP contribution in [0.1, 0.15) is 290 Å². The number of hydrogen-bond donors (Lipinski definition) is 0. The molecular formula is C67H114O6. The van der Waals surface area contributed by atoms with Crippen LogP contribution >= 0.6 is 0 Å². The third-order valence-corrected chi connectivity index (χ3v) is 13.0. The molecule has 0 aromatic carbocycles. The Kier molecular flexibility index (Phi) is 57.8. The smallest absolute Gasteiger partial charge is 0.306 e. The third-order valence-electron chi connectivity index (χ3n) is 13.0. The van der Waals surface area contributed by atoms with Crippen LogP contribution in [0.3, 0.4) is 0 Å². The molecular weight excluding hydrogens is 901 g/mol. The molecule has 0 bridgehead atoms. The standard InChI is InChI=1S/C67H114O6/c1-4-7-10-13-16-19-22-25-27-28-29-30-31-32-33-34-35-36-37-38-39-40-41-43-45-48-51-54-57-60-66(69)72-63-64(62-71-65(68)59-56-53-50-47-44-24-21-18-15-12-9-6-3)73-67(70)61-58-55-52-49-46-42-26-23-20-17-14-11-8-5-2/h7,10,14,16-19,21,23,25-27,29-30,32-33,64H,4-6,8-9,11-13,15,20,22,24,28,31,34-63H2,1-3H3/b10-7-,17-14-,19-16-,21-18-,26-23-,27-25-,30-29-,33-32-. The molecule has 1 unspecified atom stereocenters. The Hall–Kier alpha value is -3.67. The van der Waals surface area contributed by atoms with E-state index >= 15 is 0 Å².